The Labute approximate surface area is 51.9 Å². The third-order valence-electron chi connectivity index (χ3n) is 0. The zero-order valence-electron chi connectivity index (χ0n) is 3.98. The van der Waals surface area contributed by atoms with E-state index in [-0.39, 0.29) is 0 Å². The summed E-state index contributed by atoms with van der Waals surface area (Å²) in [7, 11) is 0. The molecule has 0 amide bonds. The van der Waals surface area contributed by atoms with Crippen molar-refractivity contribution < 1.29 is 16.9 Å². The van der Waals surface area contributed by atoms with Gasteiger partial charge in [-0.25, -0.2) is 0 Å². The molecule has 10 heavy (non-hydrogen) atoms. The minimum absolute atomic E-state index is 1.00. The van der Waals surface area contributed by atoms with Crippen LogP contribution in [0.25, 0.3) is 0 Å². The molecule has 0 saturated carbocycles. The normalized spacial score (nSPS) is 17.0. The summed E-state index contributed by atoms with van der Waals surface area (Å²) in [5.74, 6) is 0. The van der Waals surface area contributed by atoms with Gasteiger partial charge in [0.2, 0.25) is 9.81 Å². The Kier molecular flexibility index (Phi) is 2.60. The maximum absolute atomic E-state index is 11.2. The third-order valence-corrected chi connectivity index (χ3v) is 0. The van der Waals surface area contributed by atoms with Gasteiger partial charge in [0.15, 0.2) is 0 Å². The summed E-state index contributed by atoms with van der Waals surface area (Å²) < 4.78 is 59.6. The first-order valence-corrected chi connectivity index (χ1v) is 7.17. The van der Waals surface area contributed by atoms with E-state index in [1.165, 1.54) is 0 Å². The molecule has 0 aromatic rings. The monoisotopic (exact) mass is 281 g/mol. The van der Waals surface area contributed by atoms with Crippen LogP contribution in [0.5, 0.6) is 0 Å². The van der Waals surface area contributed by atoms with E-state index in [0.29, 0.717) is 0 Å². The van der Waals surface area contributed by atoms with Crippen molar-refractivity contribution in [3.05, 3.63) is 9.81 Å². The van der Waals surface area contributed by atoms with E-state index < -0.39 is 19.5 Å². The molecule has 0 aromatic heterocycles. The Hall–Kier alpha value is -0.292. The number of nitrogens with zero attached hydrogens (tertiary/aromatic N) is 1. The molecule has 3 nitrogen and oxygen atoms in total. The van der Waals surface area contributed by atoms with Gasteiger partial charge in [-0.1, -0.05) is 0 Å². The molecule has 0 rings (SSSR count). The van der Waals surface area contributed by atoms with Crippen LogP contribution < -0.4 is 5.04 Å². The predicted octanol–water partition coefficient (Wildman–Crippen LogP) is 1.73. The summed E-state index contributed by atoms with van der Waals surface area (Å²) in [5, 5.41) is 1.00. The van der Waals surface area contributed by atoms with Crippen LogP contribution in [-0.2, 0) is 0 Å². The van der Waals surface area contributed by atoms with Crippen LogP contribution in [0, 0.1) is 9.81 Å². The van der Waals surface area contributed by atoms with Crippen LogP contribution in [0.2, 0.25) is 0 Å². The van der Waals surface area contributed by atoms with Crippen molar-refractivity contribution in [3.63, 3.8) is 0 Å². The third kappa shape index (κ3) is 4070. The van der Waals surface area contributed by atoms with Gasteiger partial charge in [-0.05, 0) is 0 Å². The molecule has 0 heterocycles. The van der Waals surface area contributed by atoms with Crippen molar-refractivity contribution in [1.29, 1.82) is 0 Å². The standard InChI is InChI=1S/6FH.NO2.Sb/c;;;;;;2-1-3;/h6*1H;;/q;;;;;;+1;+5/p-6. The first kappa shape index (κ1) is 12.4. The maximum atomic E-state index is 9.93. The Balaban J connectivity index is 0. The Morgan fingerprint density at radius 1 is 0.800 bits per heavy atom. The zero-order valence-corrected chi connectivity index (χ0v) is 6.53. The van der Waals surface area contributed by atoms with Crippen LogP contribution in [0.4, 0.5) is 16.9 Å². The molecule has 0 aromatic carbocycles. The Morgan fingerprint density at radius 3 is 0.800 bits per heavy atom. The topological polar surface area (TPSA) is 48.2 Å². The fourth-order valence-corrected chi connectivity index (χ4v) is 0. The fourth-order valence-electron chi connectivity index (χ4n) is 0. The summed E-state index contributed by atoms with van der Waals surface area (Å²) in [6, 6.07) is 0. The molecule has 0 saturated heterocycles. The van der Waals surface area contributed by atoms with Crippen LogP contribution in [0.1, 0.15) is 0 Å². The van der Waals surface area contributed by atoms with Crippen molar-refractivity contribution in [2.45, 2.75) is 0 Å². The van der Waals surface area contributed by atoms with Crippen LogP contribution in [-0.4, -0.2) is 19.5 Å². The number of rotatable bonds is 0. The molecule has 0 atom stereocenters. The first-order chi connectivity index (χ1) is 3.86. The molecule has 0 bridgehead atoms. The first-order valence-electron chi connectivity index (χ1n) is 1.38. The van der Waals surface area contributed by atoms with Crippen molar-refractivity contribution in [1.82, 2.24) is 5.04 Å². The van der Waals surface area contributed by atoms with Crippen molar-refractivity contribution in [3.8, 4) is 0 Å². The van der Waals surface area contributed by atoms with E-state index in [2.05, 4.69) is 0 Å². The van der Waals surface area contributed by atoms with Gasteiger partial charge < -0.3 is 0 Å². The van der Waals surface area contributed by atoms with E-state index in [1.54, 1.807) is 0 Å². The van der Waals surface area contributed by atoms with Gasteiger partial charge in [-0.2, -0.15) is 0 Å². The van der Waals surface area contributed by atoms with Crippen LogP contribution >= 0.6 is 0 Å². The molecule has 0 spiro atoms. The van der Waals surface area contributed by atoms with E-state index in [4.69, 9.17) is 9.81 Å². The van der Waals surface area contributed by atoms with Crippen LogP contribution in [0.15, 0.2) is 0 Å². The molecule has 0 aliphatic heterocycles. The second-order valence-electron chi connectivity index (χ2n) is 1.03. The van der Waals surface area contributed by atoms with Gasteiger partial charge >= 0.3 is 41.4 Å². The Bertz CT molecular complexity index is 132. The summed E-state index contributed by atoms with van der Waals surface area (Å²) in [4.78, 5) is 16.0. The predicted molar refractivity (Wildman–Crippen MR) is 21.3 cm³/mol. The zero-order chi connectivity index (χ0) is 9.12. The van der Waals surface area contributed by atoms with E-state index in [1.807, 2.05) is 0 Å². The summed E-state index contributed by atoms with van der Waals surface area (Å²) in [6.07, 6.45) is 0. The van der Waals surface area contributed by atoms with E-state index >= 15 is 0 Å². The van der Waals surface area contributed by atoms with Gasteiger partial charge in [-0.3, -0.25) is 0 Å². The van der Waals surface area contributed by atoms with Crippen LogP contribution in [0.3, 0.4) is 0 Å². The van der Waals surface area contributed by atoms with E-state index in [9.17, 15) is 16.9 Å². The average molecular weight is 282 g/mol. The van der Waals surface area contributed by atoms with Crippen molar-refractivity contribution >= 4 is 19.5 Å². The molecule has 0 fully saturated rings. The van der Waals surface area contributed by atoms with Gasteiger partial charge in [-0.15, -0.1) is 0 Å². The molecule has 0 aliphatic carbocycles. The molecule has 0 aliphatic rings. The van der Waals surface area contributed by atoms with E-state index in [0.717, 1.165) is 5.04 Å². The average Bonchev–Trinajstić information content (AvgIpc) is 1.20. The van der Waals surface area contributed by atoms with Crippen molar-refractivity contribution in [2.24, 2.45) is 0 Å². The number of halogens is 6. The number of nitroso groups, excluding NO2 is 2. The van der Waals surface area contributed by atoms with Gasteiger partial charge in [0, 0.05) is 0 Å². The molecule has 64 valence electrons. The summed E-state index contributed by atoms with van der Waals surface area (Å²) >= 11 is -11.2. The molecule has 0 N–H and O–H groups in total. The van der Waals surface area contributed by atoms with Gasteiger partial charge in [0.1, 0.15) is 0 Å². The van der Waals surface area contributed by atoms with Gasteiger partial charge in [0.05, 0.1) is 0 Å². The minimum atomic E-state index is -11.2. The second-order valence-corrected chi connectivity index (χ2v) is 6.50. The SMILES string of the molecule is O=[N+]=O.[F][Sb-]([F])([F])([F])([F])[F]. The quantitative estimate of drug-likeness (QED) is 0.386. The van der Waals surface area contributed by atoms with Gasteiger partial charge in [0.25, 0.3) is 0 Å². The second kappa shape index (κ2) is 2.10. The fraction of sp³-hybridized carbons (Fsp3) is 0. The van der Waals surface area contributed by atoms with Crippen molar-refractivity contribution in [2.75, 3.05) is 0 Å². The molecule has 0 unspecified atom stereocenters. The number of hydrogen-bond donors (Lipinski definition) is 0. The Morgan fingerprint density at radius 2 is 0.800 bits per heavy atom. The summed E-state index contributed by atoms with van der Waals surface area (Å²) in [5.41, 5.74) is 0. The summed E-state index contributed by atoms with van der Waals surface area (Å²) in [6.45, 7) is 0. The molecule has 0 radical (unpaired) electrons. The molecular formula is F6NO2Sb. The molecular weight excluding hydrogens is 282 g/mol. The molecule has 10 heteroatoms. The number of hydrogen-bond acceptors (Lipinski definition) is 2.